The number of nitrogens with zero attached hydrogens (tertiary/aromatic N) is 2. The smallest absolute Gasteiger partial charge is 0.0861 e. The normalized spacial score (nSPS) is 13.9. The van der Waals surface area contributed by atoms with Crippen LogP contribution in [-0.4, -0.2) is 31.0 Å². The molecule has 0 saturated carbocycles. The fraction of sp³-hybridized carbons (Fsp3) is 0.235. The van der Waals surface area contributed by atoms with Gasteiger partial charge < -0.3 is 4.90 Å². The Morgan fingerprint density at radius 2 is 1.80 bits per heavy atom. The molecule has 3 heteroatoms. The van der Waals surface area contributed by atoms with Gasteiger partial charge in [0.1, 0.15) is 0 Å². The van der Waals surface area contributed by atoms with Crippen molar-refractivity contribution < 1.29 is 0 Å². The molecule has 0 fully saturated rings. The first-order valence-corrected chi connectivity index (χ1v) is 7.01. The van der Waals surface area contributed by atoms with Crippen molar-refractivity contribution in [1.29, 1.82) is 0 Å². The second-order valence-electron chi connectivity index (χ2n) is 4.94. The van der Waals surface area contributed by atoms with Gasteiger partial charge >= 0.3 is 0 Å². The Kier molecular flexibility index (Phi) is 4.09. The van der Waals surface area contributed by atoms with Gasteiger partial charge in [-0.2, -0.15) is 0 Å². The first-order valence-electron chi connectivity index (χ1n) is 7.01. The zero-order valence-corrected chi connectivity index (χ0v) is 11.5. The van der Waals surface area contributed by atoms with E-state index < -0.39 is 0 Å². The maximum atomic E-state index is 4.22. The van der Waals surface area contributed by atoms with Crippen molar-refractivity contribution in [2.24, 2.45) is 4.99 Å². The summed E-state index contributed by atoms with van der Waals surface area (Å²) >= 11 is 0. The van der Waals surface area contributed by atoms with Crippen molar-refractivity contribution in [1.82, 2.24) is 10.2 Å². The first-order chi connectivity index (χ1) is 9.93. The maximum absolute atomic E-state index is 4.22. The molecule has 102 valence electrons. The summed E-state index contributed by atoms with van der Waals surface area (Å²) in [6.07, 6.45) is 1.93. The molecule has 0 spiro atoms. The lowest BCUT2D eigenvalue weighted by atomic mass is 10.00. The van der Waals surface area contributed by atoms with Gasteiger partial charge in [0.25, 0.3) is 0 Å². The van der Waals surface area contributed by atoms with E-state index in [0.717, 1.165) is 26.3 Å². The summed E-state index contributed by atoms with van der Waals surface area (Å²) in [5.41, 5.74) is 3.90. The predicted octanol–water partition coefficient (Wildman–Crippen LogP) is 2.74. The molecule has 0 bridgehead atoms. The molecule has 0 aromatic heterocycles. The molecule has 20 heavy (non-hydrogen) atoms. The molecule has 1 N–H and O–H groups in total. The molecular weight excluding hydrogens is 246 g/mol. The standard InChI is InChI=1S/C17H19N3/c1-2-6-15(7-3-1)17-9-5-4-8-16(17)12-19-14-20-11-10-18-13-20/h1-9,13,19H,10-12,14H2. The lowest BCUT2D eigenvalue weighted by Gasteiger charge is -2.16. The number of hydrogen-bond acceptors (Lipinski definition) is 3. The largest absolute Gasteiger partial charge is 0.348 e. The molecule has 0 saturated heterocycles. The van der Waals surface area contributed by atoms with Crippen LogP contribution >= 0.6 is 0 Å². The fourth-order valence-electron chi connectivity index (χ4n) is 2.44. The average molecular weight is 265 g/mol. The van der Waals surface area contributed by atoms with Gasteiger partial charge in [-0.3, -0.25) is 10.3 Å². The van der Waals surface area contributed by atoms with E-state index in [1.165, 1.54) is 16.7 Å². The van der Waals surface area contributed by atoms with E-state index >= 15 is 0 Å². The Morgan fingerprint density at radius 3 is 2.60 bits per heavy atom. The summed E-state index contributed by atoms with van der Waals surface area (Å²) in [5, 5.41) is 3.49. The highest BCUT2D eigenvalue weighted by Gasteiger charge is 2.06. The van der Waals surface area contributed by atoms with E-state index in [9.17, 15) is 0 Å². The summed E-state index contributed by atoms with van der Waals surface area (Å²) in [7, 11) is 0. The van der Waals surface area contributed by atoms with E-state index in [4.69, 9.17) is 0 Å². The molecule has 2 aromatic carbocycles. The molecule has 0 atom stereocenters. The summed E-state index contributed by atoms with van der Waals surface area (Å²) in [6.45, 7) is 3.66. The van der Waals surface area contributed by atoms with E-state index in [1.54, 1.807) is 0 Å². The van der Waals surface area contributed by atoms with Gasteiger partial charge in [-0.1, -0.05) is 54.6 Å². The predicted molar refractivity (Wildman–Crippen MR) is 83.6 cm³/mol. The van der Waals surface area contributed by atoms with Crippen molar-refractivity contribution in [3.05, 3.63) is 60.2 Å². The minimum atomic E-state index is 0.854. The maximum Gasteiger partial charge on any atom is 0.0861 e. The second kappa shape index (κ2) is 6.35. The lowest BCUT2D eigenvalue weighted by molar-refractivity contribution is 0.418. The molecule has 0 radical (unpaired) electrons. The monoisotopic (exact) mass is 265 g/mol. The quantitative estimate of drug-likeness (QED) is 0.900. The first kappa shape index (κ1) is 12.9. The van der Waals surface area contributed by atoms with Gasteiger partial charge in [-0.25, -0.2) is 0 Å². The van der Waals surface area contributed by atoms with E-state index in [2.05, 4.69) is 69.8 Å². The molecule has 3 nitrogen and oxygen atoms in total. The molecule has 0 amide bonds. The third kappa shape index (κ3) is 3.06. The number of benzene rings is 2. The fourth-order valence-corrected chi connectivity index (χ4v) is 2.44. The Bertz CT molecular complexity index is 578. The van der Waals surface area contributed by atoms with Crippen LogP contribution in [0.5, 0.6) is 0 Å². The van der Waals surface area contributed by atoms with Crippen molar-refractivity contribution in [2.75, 3.05) is 19.8 Å². The highest BCUT2D eigenvalue weighted by molar-refractivity contribution is 5.67. The van der Waals surface area contributed by atoms with Gasteiger partial charge in [-0.15, -0.1) is 0 Å². The van der Waals surface area contributed by atoms with Crippen LogP contribution in [0.3, 0.4) is 0 Å². The van der Waals surface area contributed by atoms with Gasteiger partial charge in [-0.05, 0) is 16.7 Å². The second-order valence-corrected chi connectivity index (χ2v) is 4.94. The summed E-state index contributed by atoms with van der Waals surface area (Å²) < 4.78 is 0. The molecule has 1 aliphatic heterocycles. The van der Waals surface area contributed by atoms with Crippen LogP contribution in [0.2, 0.25) is 0 Å². The lowest BCUT2D eigenvalue weighted by Crippen LogP contribution is -2.31. The van der Waals surface area contributed by atoms with E-state index in [0.29, 0.717) is 0 Å². The zero-order chi connectivity index (χ0) is 13.6. The Hall–Kier alpha value is -2.13. The Balaban J connectivity index is 1.68. The molecule has 0 unspecified atom stereocenters. The van der Waals surface area contributed by atoms with Gasteiger partial charge in [0.15, 0.2) is 0 Å². The van der Waals surface area contributed by atoms with Crippen LogP contribution in [0.1, 0.15) is 5.56 Å². The SMILES string of the molecule is C1=NCCN1CNCc1ccccc1-c1ccccc1. The van der Waals surface area contributed by atoms with Crippen molar-refractivity contribution in [2.45, 2.75) is 6.54 Å². The molecule has 0 aliphatic carbocycles. The van der Waals surface area contributed by atoms with Crippen LogP contribution < -0.4 is 5.32 Å². The molecule has 2 aromatic rings. The van der Waals surface area contributed by atoms with Crippen molar-refractivity contribution >= 4 is 6.34 Å². The van der Waals surface area contributed by atoms with Crippen LogP contribution in [0.4, 0.5) is 0 Å². The minimum Gasteiger partial charge on any atom is -0.348 e. The summed E-state index contributed by atoms with van der Waals surface area (Å²) in [4.78, 5) is 6.42. The van der Waals surface area contributed by atoms with Gasteiger partial charge in [0.05, 0.1) is 19.6 Å². The van der Waals surface area contributed by atoms with E-state index in [1.807, 2.05) is 6.34 Å². The van der Waals surface area contributed by atoms with Crippen LogP contribution in [-0.2, 0) is 6.54 Å². The van der Waals surface area contributed by atoms with Gasteiger partial charge in [0.2, 0.25) is 0 Å². The van der Waals surface area contributed by atoms with Crippen molar-refractivity contribution in [3.63, 3.8) is 0 Å². The van der Waals surface area contributed by atoms with Crippen LogP contribution in [0, 0.1) is 0 Å². The summed E-state index contributed by atoms with van der Waals surface area (Å²) in [6, 6.07) is 19.1. The molecule has 1 heterocycles. The number of hydrogen-bond donors (Lipinski definition) is 1. The third-order valence-corrected chi connectivity index (χ3v) is 3.49. The minimum absolute atomic E-state index is 0.854. The Morgan fingerprint density at radius 1 is 1.00 bits per heavy atom. The zero-order valence-electron chi connectivity index (χ0n) is 11.5. The molecule has 1 aliphatic rings. The third-order valence-electron chi connectivity index (χ3n) is 3.49. The summed E-state index contributed by atoms with van der Waals surface area (Å²) in [5.74, 6) is 0. The van der Waals surface area contributed by atoms with Crippen molar-refractivity contribution in [3.8, 4) is 11.1 Å². The van der Waals surface area contributed by atoms with Crippen LogP contribution in [0.25, 0.3) is 11.1 Å². The topological polar surface area (TPSA) is 27.6 Å². The molecule has 3 rings (SSSR count). The number of aliphatic imine (C=N–C) groups is 1. The number of nitrogens with one attached hydrogen (secondary N) is 1. The molecular formula is C17H19N3. The number of rotatable bonds is 5. The highest BCUT2D eigenvalue weighted by Crippen LogP contribution is 2.23. The van der Waals surface area contributed by atoms with Crippen LogP contribution in [0.15, 0.2) is 59.6 Å². The van der Waals surface area contributed by atoms with Gasteiger partial charge in [0, 0.05) is 13.1 Å². The Labute approximate surface area is 120 Å². The van der Waals surface area contributed by atoms with E-state index in [-0.39, 0.29) is 0 Å². The average Bonchev–Trinajstić information content (AvgIpc) is 3.02. The highest BCUT2D eigenvalue weighted by atomic mass is 15.3.